The van der Waals surface area contributed by atoms with Crippen LogP contribution in [0.2, 0.25) is 0 Å². The maximum atomic E-state index is 13.7. The zero-order chi connectivity index (χ0) is 20.4. The summed E-state index contributed by atoms with van der Waals surface area (Å²) in [5.41, 5.74) is 1.31. The van der Waals surface area contributed by atoms with E-state index in [9.17, 15) is 18.4 Å². The Morgan fingerprint density at radius 2 is 1.83 bits per heavy atom. The minimum atomic E-state index is -0.743. The molecule has 0 fully saturated rings. The number of nitrogens with one attached hydrogen (secondary N) is 1. The van der Waals surface area contributed by atoms with Crippen LogP contribution in [0.25, 0.3) is 16.9 Å². The minimum Gasteiger partial charge on any atom is -0.350 e. The quantitative estimate of drug-likeness (QED) is 0.566. The number of carbonyl (C=O) groups excluding carboxylic acids is 1. The molecule has 1 N–H and O–H groups in total. The Labute approximate surface area is 164 Å². The van der Waals surface area contributed by atoms with Crippen LogP contribution >= 0.6 is 0 Å². The number of amides is 1. The van der Waals surface area contributed by atoms with Crippen molar-refractivity contribution in [1.82, 2.24) is 19.4 Å². The first-order valence-corrected chi connectivity index (χ1v) is 8.87. The van der Waals surface area contributed by atoms with E-state index in [4.69, 9.17) is 0 Å². The molecule has 0 radical (unpaired) electrons. The summed E-state index contributed by atoms with van der Waals surface area (Å²) < 4.78 is 29.5. The SMILES string of the molecule is O=C(Cn1c(=O)n(-c2ccccc2)c2ncccc21)NCc1ccc(F)cc1F. The molecule has 1 amide bonds. The van der Waals surface area contributed by atoms with Gasteiger partial charge in [-0.3, -0.25) is 9.36 Å². The maximum Gasteiger partial charge on any atom is 0.335 e. The molecule has 0 saturated carbocycles. The van der Waals surface area contributed by atoms with Crippen molar-refractivity contribution in [3.8, 4) is 5.69 Å². The third-order valence-electron chi connectivity index (χ3n) is 4.50. The second-order valence-electron chi connectivity index (χ2n) is 6.40. The van der Waals surface area contributed by atoms with Gasteiger partial charge in [-0.25, -0.2) is 23.1 Å². The van der Waals surface area contributed by atoms with E-state index in [0.717, 1.165) is 12.1 Å². The summed E-state index contributed by atoms with van der Waals surface area (Å²) in [5, 5.41) is 2.56. The zero-order valence-corrected chi connectivity index (χ0v) is 15.2. The number of nitrogens with zero attached hydrogens (tertiary/aromatic N) is 3. The predicted octanol–water partition coefficient (Wildman–Crippen LogP) is 2.78. The zero-order valence-electron chi connectivity index (χ0n) is 15.2. The first kappa shape index (κ1) is 18.5. The molecule has 4 aromatic rings. The van der Waals surface area contributed by atoms with Gasteiger partial charge in [-0.15, -0.1) is 0 Å². The van der Waals surface area contributed by atoms with Crippen molar-refractivity contribution < 1.29 is 13.6 Å². The number of aromatic nitrogens is 3. The minimum absolute atomic E-state index is 0.116. The molecule has 2 aromatic carbocycles. The van der Waals surface area contributed by atoms with Crippen LogP contribution in [0.5, 0.6) is 0 Å². The number of hydrogen-bond acceptors (Lipinski definition) is 3. The molecule has 2 aromatic heterocycles. The normalized spacial score (nSPS) is 11.0. The number of carbonyl (C=O) groups is 1. The summed E-state index contributed by atoms with van der Waals surface area (Å²) in [6.07, 6.45) is 1.57. The number of pyridine rings is 1. The van der Waals surface area contributed by atoms with Gasteiger partial charge in [0.25, 0.3) is 0 Å². The summed E-state index contributed by atoms with van der Waals surface area (Å²) in [4.78, 5) is 29.7. The number of imidazole rings is 1. The number of para-hydroxylation sites is 1. The van der Waals surface area contributed by atoms with Gasteiger partial charge in [0.05, 0.1) is 11.2 Å². The van der Waals surface area contributed by atoms with E-state index in [2.05, 4.69) is 10.3 Å². The lowest BCUT2D eigenvalue weighted by atomic mass is 10.2. The van der Waals surface area contributed by atoms with Gasteiger partial charge in [-0.1, -0.05) is 24.3 Å². The van der Waals surface area contributed by atoms with Crippen LogP contribution in [0.1, 0.15) is 5.56 Å². The first-order valence-electron chi connectivity index (χ1n) is 8.87. The van der Waals surface area contributed by atoms with E-state index in [1.807, 2.05) is 6.07 Å². The Morgan fingerprint density at radius 1 is 1.03 bits per heavy atom. The lowest BCUT2D eigenvalue weighted by Gasteiger charge is -2.07. The number of benzene rings is 2. The highest BCUT2D eigenvalue weighted by molar-refractivity contribution is 5.80. The Morgan fingerprint density at radius 3 is 2.59 bits per heavy atom. The number of halogens is 2. The topological polar surface area (TPSA) is 68.9 Å². The van der Waals surface area contributed by atoms with Crippen LogP contribution in [-0.4, -0.2) is 20.0 Å². The fourth-order valence-electron chi connectivity index (χ4n) is 3.11. The Kier molecular flexibility index (Phi) is 4.90. The molecule has 0 atom stereocenters. The van der Waals surface area contributed by atoms with Gasteiger partial charge >= 0.3 is 5.69 Å². The van der Waals surface area contributed by atoms with Crippen LogP contribution in [0.15, 0.2) is 71.7 Å². The first-order chi connectivity index (χ1) is 14.0. The summed E-state index contributed by atoms with van der Waals surface area (Å²) >= 11 is 0. The molecule has 0 spiro atoms. The van der Waals surface area contributed by atoms with E-state index in [-0.39, 0.29) is 18.7 Å². The lowest BCUT2D eigenvalue weighted by molar-refractivity contribution is -0.121. The molecule has 0 aliphatic heterocycles. The molecule has 6 nitrogen and oxygen atoms in total. The van der Waals surface area contributed by atoms with Gasteiger partial charge in [0.15, 0.2) is 5.65 Å². The van der Waals surface area contributed by atoms with Crippen molar-refractivity contribution in [2.45, 2.75) is 13.1 Å². The summed E-state index contributed by atoms with van der Waals surface area (Å²) in [7, 11) is 0. The molecule has 0 aliphatic rings. The third-order valence-corrected chi connectivity index (χ3v) is 4.50. The van der Waals surface area contributed by atoms with E-state index in [1.165, 1.54) is 15.2 Å². The highest BCUT2D eigenvalue weighted by atomic mass is 19.1. The highest BCUT2D eigenvalue weighted by Gasteiger charge is 2.17. The molecule has 0 bridgehead atoms. The van der Waals surface area contributed by atoms with Crippen LogP contribution in [-0.2, 0) is 17.9 Å². The van der Waals surface area contributed by atoms with Gasteiger partial charge in [-0.2, -0.15) is 0 Å². The Balaban J connectivity index is 1.62. The van der Waals surface area contributed by atoms with Gasteiger partial charge in [0.2, 0.25) is 5.91 Å². The van der Waals surface area contributed by atoms with Gasteiger partial charge in [0.1, 0.15) is 18.2 Å². The molecular weight excluding hydrogens is 378 g/mol. The standard InChI is InChI=1S/C21H16F2N4O2/c22-15-9-8-14(17(23)11-15)12-25-19(28)13-26-18-7-4-10-24-20(18)27(21(26)29)16-5-2-1-3-6-16/h1-11H,12-13H2,(H,25,28). The smallest absolute Gasteiger partial charge is 0.335 e. The number of fused-ring (bicyclic) bond motifs is 1. The van der Waals surface area contributed by atoms with Crippen LogP contribution in [0, 0.1) is 11.6 Å². The molecule has 146 valence electrons. The van der Waals surface area contributed by atoms with Crippen LogP contribution in [0.4, 0.5) is 8.78 Å². The van der Waals surface area contributed by atoms with Crippen molar-refractivity contribution in [1.29, 1.82) is 0 Å². The predicted molar refractivity (Wildman–Crippen MR) is 104 cm³/mol. The van der Waals surface area contributed by atoms with E-state index >= 15 is 0 Å². The Bertz CT molecular complexity index is 1250. The van der Waals surface area contributed by atoms with Crippen LogP contribution in [0.3, 0.4) is 0 Å². The fourth-order valence-corrected chi connectivity index (χ4v) is 3.11. The highest BCUT2D eigenvalue weighted by Crippen LogP contribution is 2.15. The van der Waals surface area contributed by atoms with Gasteiger partial charge < -0.3 is 5.32 Å². The molecule has 0 saturated heterocycles. The monoisotopic (exact) mass is 394 g/mol. The van der Waals surface area contributed by atoms with Crippen molar-refractivity contribution in [2.75, 3.05) is 0 Å². The van der Waals surface area contributed by atoms with Crippen molar-refractivity contribution in [3.63, 3.8) is 0 Å². The number of hydrogen-bond donors (Lipinski definition) is 1. The lowest BCUT2D eigenvalue weighted by Crippen LogP contribution is -2.32. The molecular formula is C21H16F2N4O2. The number of rotatable bonds is 5. The molecule has 8 heteroatoms. The molecule has 4 rings (SSSR count). The average Bonchev–Trinajstić information content (AvgIpc) is 2.99. The summed E-state index contributed by atoms with van der Waals surface area (Å²) in [6.45, 7) is -0.376. The Hall–Kier alpha value is -3.81. The molecule has 29 heavy (non-hydrogen) atoms. The van der Waals surface area contributed by atoms with Gasteiger partial charge in [-0.05, 0) is 30.3 Å². The average molecular weight is 394 g/mol. The fraction of sp³-hybridized carbons (Fsp3) is 0.0952. The second-order valence-corrected chi connectivity index (χ2v) is 6.40. The van der Waals surface area contributed by atoms with Crippen molar-refractivity contribution in [2.24, 2.45) is 0 Å². The second kappa shape index (κ2) is 7.67. The van der Waals surface area contributed by atoms with Gasteiger partial charge in [0, 0.05) is 24.4 Å². The maximum absolute atomic E-state index is 13.7. The van der Waals surface area contributed by atoms with Crippen molar-refractivity contribution in [3.05, 3.63) is 94.5 Å². The van der Waals surface area contributed by atoms with E-state index in [1.54, 1.807) is 42.6 Å². The summed E-state index contributed by atoms with van der Waals surface area (Å²) in [6, 6.07) is 15.5. The summed E-state index contributed by atoms with van der Waals surface area (Å²) in [5.74, 6) is -1.91. The molecule has 2 heterocycles. The largest absolute Gasteiger partial charge is 0.350 e. The third kappa shape index (κ3) is 3.64. The molecule has 0 unspecified atom stereocenters. The van der Waals surface area contributed by atoms with Crippen LogP contribution < -0.4 is 11.0 Å². The van der Waals surface area contributed by atoms with Crippen molar-refractivity contribution >= 4 is 17.1 Å². The molecule has 0 aliphatic carbocycles. The van der Waals surface area contributed by atoms with E-state index in [0.29, 0.717) is 16.9 Å². The van der Waals surface area contributed by atoms with E-state index < -0.39 is 23.2 Å².